The maximum absolute atomic E-state index is 14.4. The molecule has 0 radical (unpaired) electrons. The summed E-state index contributed by atoms with van der Waals surface area (Å²) in [6.45, 7) is 2.46. The molecule has 1 N–H and O–H groups in total. The molecule has 192 valence electrons. The molecule has 0 atom stereocenters. The third-order valence-electron chi connectivity index (χ3n) is 7.31. The lowest BCUT2D eigenvalue weighted by molar-refractivity contribution is -0.143. The van der Waals surface area contributed by atoms with Gasteiger partial charge in [-0.3, -0.25) is 9.69 Å². The molecule has 2 aliphatic rings. The minimum Gasteiger partial charge on any atom is -0.348 e. The van der Waals surface area contributed by atoms with Crippen molar-refractivity contribution in [2.45, 2.75) is 31.1 Å². The van der Waals surface area contributed by atoms with Gasteiger partial charge in [0.1, 0.15) is 12.0 Å². The Labute approximate surface area is 208 Å². The van der Waals surface area contributed by atoms with Gasteiger partial charge in [0.25, 0.3) is 5.91 Å². The van der Waals surface area contributed by atoms with Crippen LogP contribution < -0.4 is 0 Å². The summed E-state index contributed by atoms with van der Waals surface area (Å²) in [6, 6.07) is 5.60. The predicted octanol–water partition coefficient (Wildman–Crippen LogP) is 4.14. The van der Waals surface area contributed by atoms with Crippen LogP contribution in [0.25, 0.3) is 22.3 Å². The molecule has 0 unspecified atom stereocenters. The number of amides is 1. The van der Waals surface area contributed by atoms with E-state index in [-0.39, 0.29) is 6.04 Å². The van der Waals surface area contributed by atoms with Crippen molar-refractivity contribution in [2.24, 2.45) is 0 Å². The van der Waals surface area contributed by atoms with E-state index in [1.807, 2.05) is 18.3 Å². The summed E-state index contributed by atoms with van der Waals surface area (Å²) < 4.78 is 55.5. The Morgan fingerprint density at radius 1 is 1.03 bits per heavy atom. The minimum absolute atomic E-state index is 0.268. The zero-order valence-corrected chi connectivity index (χ0v) is 19.6. The number of rotatable bonds is 4. The molecule has 12 heteroatoms. The highest BCUT2D eigenvalue weighted by Crippen LogP contribution is 2.33. The summed E-state index contributed by atoms with van der Waals surface area (Å²) in [7, 11) is 0. The Morgan fingerprint density at radius 2 is 1.81 bits per heavy atom. The smallest absolute Gasteiger partial charge is 0.348 e. The second-order valence-corrected chi connectivity index (χ2v) is 9.46. The number of nitrogens with one attached hydrogen (secondary N) is 1. The maximum Gasteiger partial charge on any atom is 0.436 e. The Morgan fingerprint density at radius 3 is 2.57 bits per heavy atom. The first-order valence-corrected chi connectivity index (χ1v) is 12.0. The van der Waals surface area contributed by atoms with Gasteiger partial charge in [-0.15, -0.1) is 0 Å². The van der Waals surface area contributed by atoms with E-state index in [9.17, 15) is 22.4 Å². The van der Waals surface area contributed by atoms with Gasteiger partial charge >= 0.3 is 6.18 Å². The van der Waals surface area contributed by atoms with E-state index in [4.69, 9.17) is 0 Å². The SMILES string of the molecule is O=C(c1ccnc(C(F)(F)F)c1F)N1CCC(N2CC(n3ccc(-c4ncnc5[nH]ccc45)c3)C2)CC1. The lowest BCUT2D eigenvalue weighted by Crippen LogP contribution is -2.56. The highest BCUT2D eigenvalue weighted by molar-refractivity contribution is 5.94. The Hall–Kier alpha value is -3.80. The van der Waals surface area contributed by atoms with Crippen LogP contribution in [0.15, 0.2) is 49.3 Å². The van der Waals surface area contributed by atoms with E-state index >= 15 is 0 Å². The highest BCUT2D eigenvalue weighted by Gasteiger charge is 2.39. The fourth-order valence-electron chi connectivity index (χ4n) is 5.27. The molecule has 0 saturated carbocycles. The van der Waals surface area contributed by atoms with Gasteiger partial charge in [0.05, 0.1) is 17.3 Å². The third-order valence-corrected chi connectivity index (χ3v) is 7.31. The molecule has 0 aromatic carbocycles. The number of H-pyrrole nitrogens is 1. The topological polar surface area (TPSA) is 82.9 Å². The minimum atomic E-state index is -4.95. The second kappa shape index (κ2) is 8.94. The molecule has 6 heterocycles. The van der Waals surface area contributed by atoms with Crippen molar-refractivity contribution >= 4 is 16.9 Å². The Kier molecular flexibility index (Phi) is 5.70. The van der Waals surface area contributed by atoms with Gasteiger partial charge in [-0.25, -0.2) is 19.3 Å². The molecule has 4 aromatic rings. The molecule has 4 aromatic heterocycles. The van der Waals surface area contributed by atoms with Gasteiger partial charge in [-0.1, -0.05) is 0 Å². The van der Waals surface area contributed by atoms with Crippen LogP contribution in [0.1, 0.15) is 34.9 Å². The van der Waals surface area contributed by atoms with E-state index in [2.05, 4.69) is 41.8 Å². The summed E-state index contributed by atoms with van der Waals surface area (Å²) in [4.78, 5) is 31.4. The lowest BCUT2D eigenvalue weighted by atomic mass is 9.97. The number of aromatic amines is 1. The van der Waals surface area contributed by atoms with Gasteiger partial charge in [0, 0.05) is 68.0 Å². The number of hydrogen-bond acceptors (Lipinski definition) is 5. The van der Waals surface area contributed by atoms with Crippen LogP contribution >= 0.6 is 0 Å². The van der Waals surface area contributed by atoms with Crippen LogP contribution in [0.3, 0.4) is 0 Å². The first kappa shape index (κ1) is 23.6. The van der Waals surface area contributed by atoms with E-state index < -0.39 is 29.2 Å². The number of alkyl halides is 3. The molecule has 0 bridgehead atoms. The number of aromatic nitrogens is 5. The predicted molar refractivity (Wildman–Crippen MR) is 126 cm³/mol. The molecule has 0 aliphatic carbocycles. The molecular formula is C25H23F4N7O. The number of carbonyl (C=O) groups excluding carboxylic acids is 1. The van der Waals surface area contributed by atoms with Gasteiger partial charge in [0.2, 0.25) is 0 Å². The van der Waals surface area contributed by atoms with Crippen LogP contribution in [0.5, 0.6) is 0 Å². The summed E-state index contributed by atoms with van der Waals surface area (Å²) in [5, 5.41) is 0.970. The van der Waals surface area contributed by atoms with Crippen molar-refractivity contribution in [3.63, 3.8) is 0 Å². The molecular weight excluding hydrogens is 490 g/mol. The molecule has 2 saturated heterocycles. The Balaban J connectivity index is 1.05. The van der Waals surface area contributed by atoms with Crippen molar-refractivity contribution in [1.82, 2.24) is 34.3 Å². The highest BCUT2D eigenvalue weighted by atomic mass is 19.4. The maximum atomic E-state index is 14.4. The van der Waals surface area contributed by atoms with Crippen LogP contribution in [0.4, 0.5) is 17.6 Å². The van der Waals surface area contributed by atoms with E-state index in [0.29, 0.717) is 32.0 Å². The molecule has 2 aliphatic heterocycles. The third kappa shape index (κ3) is 4.24. The number of likely N-dealkylation sites (tertiary alicyclic amines) is 2. The zero-order chi connectivity index (χ0) is 25.7. The zero-order valence-electron chi connectivity index (χ0n) is 19.6. The second-order valence-electron chi connectivity index (χ2n) is 9.46. The fraction of sp³-hybridized carbons (Fsp3) is 0.360. The average Bonchev–Trinajstić information content (AvgIpc) is 3.52. The van der Waals surface area contributed by atoms with E-state index in [0.717, 1.165) is 47.6 Å². The summed E-state index contributed by atoms with van der Waals surface area (Å²) in [6.07, 6.45) is 4.77. The van der Waals surface area contributed by atoms with Crippen LogP contribution in [-0.4, -0.2) is 72.4 Å². The van der Waals surface area contributed by atoms with Gasteiger partial charge in [-0.2, -0.15) is 13.2 Å². The van der Waals surface area contributed by atoms with Gasteiger partial charge < -0.3 is 14.5 Å². The number of fused-ring (bicyclic) bond motifs is 1. The number of pyridine rings is 1. The monoisotopic (exact) mass is 513 g/mol. The molecule has 6 rings (SSSR count). The molecule has 37 heavy (non-hydrogen) atoms. The number of halogens is 4. The first-order chi connectivity index (χ1) is 17.8. The molecule has 0 spiro atoms. The Bertz CT molecular complexity index is 1450. The van der Waals surface area contributed by atoms with Crippen molar-refractivity contribution in [3.8, 4) is 11.3 Å². The van der Waals surface area contributed by atoms with E-state index in [1.165, 1.54) is 4.90 Å². The number of piperidine rings is 1. The van der Waals surface area contributed by atoms with Crippen molar-refractivity contribution in [2.75, 3.05) is 26.2 Å². The quantitative estimate of drug-likeness (QED) is 0.415. The van der Waals surface area contributed by atoms with Crippen molar-refractivity contribution < 1.29 is 22.4 Å². The molecule has 1 amide bonds. The van der Waals surface area contributed by atoms with Crippen molar-refractivity contribution in [3.05, 3.63) is 66.4 Å². The lowest BCUT2D eigenvalue weighted by Gasteiger charge is -2.47. The van der Waals surface area contributed by atoms with Gasteiger partial charge in [-0.05, 0) is 31.0 Å². The molecule has 8 nitrogen and oxygen atoms in total. The fourth-order valence-corrected chi connectivity index (χ4v) is 5.27. The summed E-state index contributed by atoms with van der Waals surface area (Å²) in [5.74, 6) is -2.34. The van der Waals surface area contributed by atoms with Crippen molar-refractivity contribution in [1.29, 1.82) is 0 Å². The number of carbonyl (C=O) groups is 1. The first-order valence-electron chi connectivity index (χ1n) is 12.0. The molecule has 2 fully saturated rings. The van der Waals surface area contributed by atoms with Crippen LogP contribution in [-0.2, 0) is 6.18 Å². The normalized spacial score (nSPS) is 17.9. The standard InChI is InChI=1S/C25H23F4N7O/c26-20-18(1-6-30-22(20)25(27,28)29)24(37)34-9-4-16(5-10-34)36-12-17(13-36)35-8-3-15(11-35)21-19-2-7-31-23(19)33-14-32-21/h1-3,6-8,11,14,16-17H,4-5,9-10,12-13H2,(H,31,32,33). The van der Waals surface area contributed by atoms with Crippen LogP contribution in [0, 0.1) is 5.82 Å². The largest absolute Gasteiger partial charge is 0.436 e. The number of nitrogens with zero attached hydrogens (tertiary/aromatic N) is 6. The van der Waals surface area contributed by atoms with Gasteiger partial charge in [0.15, 0.2) is 11.5 Å². The summed E-state index contributed by atoms with van der Waals surface area (Å²) in [5.41, 5.74) is 0.449. The van der Waals surface area contributed by atoms with Crippen LogP contribution in [0.2, 0.25) is 0 Å². The number of hydrogen-bond donors (Lipinski definition) is 1. The summed E-state index contributed by atoms with van der Waals surface area (Å²) >= 11 is 0. The average molecular weight is 513 g/mol. The van der Waals surface area contributed by atoms with E-state index in [1.54, 1.807) is 6.33 Å².